The van der Waals surface area contributed by atoms with E-state index in [1.807, 2.05) is 36.4 Å². The smallest absolute Gasteiger partial charge is 0.334 e. The van der Waals surface area contributed by atoms with Crippen molar-refractivity contribution < 1.29 is 18.4 Å². The molecule has 0 fully saturated rings. The Hall–Kier alpha value is -2.03. The molecule has 0 N–H and O–H groups in total. The predicted octanol–water partition coefficient (Wildman–Crippen LogP) is 2.55. The molecular formula is C14H14O3. The monoisotopic (exact) mass is 233 g/mol. The summed E-state index contributed by atoms with van der Waals surface area (Å²) in [7, 11) is -2.56. The van der Waals surface area contributed by atoms with E-state index in [1.165, 1.54) is 0 Å². The van der Waals surface area contributed by atoms with Crippen LogP contribution in [0, 0.1) is 0 Å². The van der Waals surface area contributed by atoms with Crippen molar-refractivity contribution in [2.24, 2.45) is 0 Å². The summed E-state index contributed by atoms with van der Waals surface area (Å²) in [4.78, 5) is 11.4. The quantitative estimate of drug-likeness (QED) is 0.753. The van der Waals surface area contributed by atoms with Gasteiger partial charge < -0.3 is 9.47 Å². The standard InChI is InChI=1S/C14H14O3/c1-16-13-9-12(17-14(15)10-13)8-7-11-5-3-2-4-6-11/h2-8,10,12H,9H2,1H3/b8-7+/i1D3. The number of hydrogen-bond acceptors (Lipinski definition) is 3. The largest absolute Gasteiger partial charge is 0.501 e. The normalized spacial score (nSPS) is 23.3. The van der Waals surface area contributed by atoms with E-state index in [-0.39, 0.29) is 12.2 Å². The third-order valence-corrected chi connectivity index (χ3v) is 2.38. The third kappa shape index (κ3) is 3.21. The maximum Gasteiger partial charge on any atom is 0.334 e. The molecule has 0 aromatic heterocycles. The first-order valence-electron chi connectivity index (χ1n) is 6.76. The highest BCUT2D eigenvalue weighted by Gasteiger charge is 2.19. The van der Waals surface area contributed by atoms with E-state index in [2.05, 4.69) is 0 Å². The molecule has 2 rings (SSSR count). The average molecular weight is 233 g/mol. The Morgan fingerprint density at radius 1 is 1.47 bits per heavy atom. The van der Waals surface area contributed by atoms with Crippen molar-refractivity contribution in [3.05, 3.63) is 53.8 Å². The summed E-state index contributed by atoms with van der Waals surface area (Å²) < 4.78 is 31.0. The fourth-order valence-corrected chi connectivity index (χ4v) is 1.57. The van der Waals surface area contributed by atoms with Crippen molar-refractivity contribution in [2.45, 2.75) is 12.5 Å². The van der Waals surface area contributed by atoms with Gasteiger partial charge in [0.2, 0.25) is 0 Å². The van der Waals surface area contributed by atoms with Gasteiger partial charge in [-0.3, -0.25) is 0 Å². The van der Waals surface area contributed by atoms with Crippen LogP contribution in [0.2, 0.25) is 0 Å². The fraction of sp³-hybridized carbons (Fsp3) is 0.214. The number of methoxy groups -OCH3 is 1. The first-order valence-corrected chi connectivity index (χ1v) is 5.26. The molecule has 1 aliphatic rings. The van der Waals surface area contributed by atoms with Crippen LogP contribution in [0.3, 0.4) is 0 Å². The maximum atomic E-state index is 11.4. The van der Waals surface area contributed by atoms with Gasteiger partial charge in [0, 0.05) is 6.42 Å². The topological polar surface area (TPSA) is 35.5 Å². The predicted molar refractivity (Wildman–Crippen MR) is 65.1 cm³/mol. The van der Waals surface area contributed by atoms with Crippen LogP contribution >= 0.6 is 0 Å². The number of carbonyl (C=O) groups is 1. The summed E-state index contributed by atoms with van der Waals surface area (Å²) in [5.41, 5.74) is 0.969. The van der Waals surface area contributed by atoms with Crippen LogP contribution in [-0.2, 0) is 14.3 Å². The van der Waals surface area contributed by atoms with E-state index < -0.39 is 19.1 Å². The summed E-state index contributed by atoms with van der Waals surface area (Å²) in [6.45, 7) is 0. The number of carbonyl (C=O) groups excluding carboxylic acids is 1. The van der Waals surface area contributed by atoms with Crippen LogP contribution in [0.1, 0.15) is 16.1 Å². The maximum absolute atomic E-state index is 11.4. The van der Waals surface area contributed by atoms with Gasteiger partial charge in [0.1, 0.15) is 11.9 Å². The van der Waals surface area contributed by atoms with Crippen molar-refractivity contribution in [2.75, 3.05) is 7.04 Å². The zero-order valence-electron chi connectivity index (χ0n) is 12.1. The molecule has 0 spiro atoms. The minimum Gasteiger partial charge on any atom is -0.501 e. The first-order chi connectivity index (χ1) is 9.42. The van der Waals surface area contributed by atoms with E-state index in [4.69, 9.17) is 13.6 Å². The second-order valence-corrected chi connectivity index (χ2v) is 3.66. The second-order valence-electron chi connectivity index (χ2n) is 3.66. The summed E-state index contributed by atoms with van der Waals surface area (Å²) >= 11 is 0. The molecular weight excluding hydrogens is 216 g/mol. The van der Waals surface area contributed by atoms with Gasteiger partial charge in [0.25, 0.3) is 0 Å². The number of hydrogen-bond donors (Lipinski definition) is 0. The SMILES string of the molecule is [2H]C([2H])([2H])OC1=CC(=O)OC(/C=C/c2ccccc2)C1. The Balaban J connectivity index is 2.03. The number of esters is 1. The molecule has 0 radical (unpaired) electrons. The highest BCUT2D eigenvalue weighted by Crippen LogP contribution is 2.17. The molecule has 1 aliphatic heterocycles. The highest BCUT2D eigenvalue weighted by molar-refractivity contribution is 5.83. The van der Waals surface area contributed by atoms with Crippen LogP contribution in [0.15, 0.2) is 48.2 Å². The fourth-order valence-electron chi connectivity index (χ4n) is 1.57. The molecule has 17 heavy (non-hydrogen) atoms. The van der Waals surface area contributed by atoms with E-state index in [0.29, 0.717) is 0 Å². The molecule has 0 saturated carbocycles. The molecule has 0 bridgehead atoms. The summed E-state index contributed by atoms with van der Waals surface area (Å²) in [5, 5.41) is 0. The Bertz CT molecular complexity index is 532. The van der Waals surface area contributed by atoms with Crippen molar-refractivity contribution in [1.82, 2.24) is 0 Å². The Morgan fingerprint density at radius 2 is 2.29 bits per heavy atom. The van der Waals surface area contributed by atoms with E-state index >= 15 is 0 Å². The summed E-state index contributed by atoms with van der Waals surface area (Å²) in [6.07, 6.45) is 4.29. The zero-order valence-corrected chi connectivity index (χ0v) is 9.13. The summed E-state index contributed by atoms with van der Waals surface area (Å²) in [5.74, 6) is -0.484. The minimum absolute atomic E-state index is 0.115. The van der Waals surface area contributed by atoms with Crippen LogP contribution in [-0.4, -0.2) is 19.1 Å². The molecule has 3 heteroatoms. The van der Waals surface area contributed by atoms with Crippen molar-refractivity contribution >= 4 is 12.0 Å². The van der Waals surface area contributed by atoms with Crippen molar-refractivity contribution in [3.63, 3.8) is 0 Å². The molecule has 88 valence electrons. The highest BCUT2D eigenvalue weighted by atomic mass is 16.5. The van der Waals surface area contributed by atoms with Crippen LogP contribution in [0.5, 0.6) is 0 Å². The van der Waals surface area contributed by atoms with E-state index in [1.54, 1.807) is 6.08 Å². The molecule has 0 aliphatic carbocycles. The number of ether oxygens (including phenoxy) is 2. The lowest BCUT2D eigenvalue weighted by Gasteiger charge is -2.19. The first kappa shape index (κ1) is 8.12. The lowest BCUT2D eigenvalue weighted by Crippen LogP contribution is -2.21. The molecule has 3 nitrogen and oxygen atoms in total. The molecule has 1 aromatic carbocycles. The lowest BCUT2D eigenvalue weighted by atomic mass is 10.1. The van der Waals surface area contributed by atoms with E-state index in [9.17, 15) is 4.79 Å². The van der Waals surface area contributed by atoms with Gasteiger partial charge in [-0.2, -0.15) is 0 Å². The lowest BCUT2D eigenvalue weighted by molar-refractivity contribution is -0.142. The van der Waals surface area contributed by atoms with Gasteiger partial charge in [0.05, 0.1) is 17.2 Å². The van der Waals surface area contributed by atoms with Gasteiger partial charge >= 0.3 is 5.97 Å². The molecule has 1 atom stereocenters. The van der Waals surface area contributed by atoms with Crippen molar-refractivity contribution in [1.29, 1.82) is 0 Å². The van der Waals surface area contributed by atoms with Gasteiger partial charge in [-0.1, -0.05) is 36.4 Å². The number of cyclic esters (lactones) is 1. The van der Waals surface area contributed by atoms with E-state index in [0.717, 1.165) is 11.6 Å². The molecule has 1 heterocycles. The van der Waals surface area contributed by atoms with Gasteiger partial charge in [-0.15, -0.1) is 0 Å². The number of benzene rings is 1. The molecule has 0 saturated heterocycles. The van der Waals surface area contributed by atoms with Crippen LogP contribution in [0.25, 0.3) is 6.08 Å². The summed E-state index contributed by atoms with van der Waals surface area (Å²) in [6, 6.07) is 9.53. The third-order valence-electron chi connectivity index (χ3n) is 2.38. The Kier molecular flexibility index (Phi) is 2.55. The van der Waals surface area contributed by atoms with Crippen LogP contribution < -0.4 is 0 Å². The van der Waals surface area contributed by atoms with Crippen LogP contribution in [0.4, 0.5) is 0 Å². The molecule has 1 unspecified atom stereocenters. The molecule has 1 aromatic rings. The van der Waals surface area contributed by atoms with Gasteiger partial charge in [-0.05, 0) is 11.6 Å². The number of rotatable bonds is 3. The van der Waals surface area contributed by atoms with Crippen molar-refractivity contribution in [3.8, 4) is 0 Å². The Labute approximate surface area is 105 Å². The van der Waals surface area contributed by atoms with Gasteiger partial charge in [-0.25, -0.2) is 4.79 Å². The minimum atomic E-state index is -2.56. The molecule has 0 amide bonds. The zero-order chi connectivity index (χ0) is 14.6. The second kappa shape index (κ2) is 5.34. The van der Waals surface area contributed by atoms with Gasteiger partial charge in [0.15, 0.2) is 0 Å². The Morgan fingerprint density at radius 3 is 3.06 bits per heavy atom. The average Bonchev–Trinajstić information content (AvgIpc) is 2.35.